The first-order valence-corrected chi connectivity index (χ1v) is 7.59. The maximum Gasteiger partial charge on any atom is 0.203 e. The van der Waals surface area contributed by atoms with Crippen LogP contribution in [0.15, 0.2) is 36.5 Å². The van der Waals surface area contributed by atoms with Crippen LogP contribution in [-0.4, -0.2) is 38.5 Å². The largest absolute Gasteiger partial charge is 0.504 e. The molecule has 0 bridgehead atoms. The average molecular weight is 341 g/mol. The van der Waals surface area contributed by atoms with Crippen molar-refractivity contribution in [2.24, 2.45) is 0 Å². The summed E-state index contributed by atoms with van der Waals surface area (Å²) in [5.74, 6) is 2.07. The number of hydrogen-bond donors (Lipinski definition) is 1. The molecule has 0 amide bonds. The van der Waals surface area contributed by atoms with Gasteiger partial charge in [-0.1, -0.05) is 0 Å². The monoisotopic (exact) mass is 341 g/mol. The molecule has 0 radical (unpaired) electrons. The van der Waals surface area contributed by atoms with Crippen LogP contribution in [0, 0.1) is 0 Å². The van der Waals surface area contributed by atoms with Crippen molar-refractivity contribution >= 4 is 10.8 Å². The predicted octanol–water partition coefficient (Wildman–Crippen LogP) is 3.64. The van der Waals surface area contributed by atoms with Crippen LogP contribution in [0.5, 0.6) is 28.7 Å². The number of phenols is 1. The molecule has 0 spiro atoms. The van der Waals surface area contributed by atoms with Gasteiger partial charge in [0.05, 0.1) is 34.1 Å². The van der Waals surface area contributed by atoms with Gasteiger partial charge < -0.3 is 24.1 Å². The summed E-state index contributed by atoms with van der Waals surface area (Å²) in [6.07, 6.45) is 1.69. The standard InChI is InChI=1S/C19H19NO5/c1-22-15-10-13-11(7-14(15)21)5-6-20-18(13)12-8-16(23-2)19(25-4)17(9-12)24-3/h5-10,21H,1-4H3. The Kier molecular flexibility index (Phi) is 4.52. The van der Waals surface area contributed by atoms with Gasteiger partial charge in [0.15, 0.2) is 23.0 Å². The molecule has 0 fully saturated rings. The molecule has 0 unspecified atom stereocenters. The second-order valence-electron chi connectivity index (χ2n) is 5.32. The third-order valence-corrected chi connectivity index (χ3v) is 4.00. The van der Waals surface area contributed by atoms with Gasteiger partial charge in [0.1, 0.15) is 0 Å². The molecule has 1 heterocycles. The first-order valence-electron chi connectivity index (χ1n) is 7.59. The first kappa shape index (κ1) is 16.7. The molecular weight excluding hydrogens is 322 g/mol. The predicted molar refractivity (Wildman–Crippen MR) is 95.1 cm³/mol. The maximum absolute atomic E-state index is 10.0. The lowest BCUT2D eigenvalue weighted by atomic mass is 10.0. The molecule has 0 saturated heterocycles. The molecule has 0 aliphatic rings. The van der Waals surface area contributed by atoms with Crippen LogP contribution in [0.3, 0.4) is 0 Å². The van der Waals surface area contributed by atoms with Crippen LogP contribution < -0.4 is 18.9 Å². The van der Waals surface area contributed by atoms with Gasteiger partial charge >= 0.3 is 0 Å². The molecule has 0 aliphatic heterocycles. The van der Waals surface area contributed by atoms with E-state index in [1.165, 1.54) is 7.11 Å². The number of pyridine rings is 1. The van der Waals surface area contributed by atoms with Gasteiger partial charge in [0.2, 0.25) is 5.75 Å². The number of fused-ring (bicyclic) bond motifs is 1. The zero-order chi connectivity index (χ0) is 18.0. The number of ether oxygens (including phenoxy) is 4. The zero-order valence-electron chi connectivity index (χ0n) is 14.5. The number of phenolic OH excluding ortho intramolecular Hbond substituents is 1. The Balaban J connectivity index is 2.29. The number of rotatable bonds is 5. The molecule has 2 aromatic carbocycles. The Morgan fingerprint density at radius 3 is 2.00 bits per heavy atom. The third-order valence-electron chi connectivity index (χ3n) is 4.00. The molecule has 0 saturated carbocycles. The van der Waals surface area contributed by atoms with Crippen molar-refractivity contribution in [2.45, 2.75) is 0 Å². The Morgan fingerprint density at radius 1 is 0.800 bits per heavy atom. The van der Waals surface area contributed by atoms with Crippen molar-refractivity contribution in [2.75, 3.05) is 28.4 Å². The number of aromatic hydroxyl groups is 1. The first-order chi connectivity index (χ1) is 12.1. The van der Waals surface area contributed by atoms with E-state index in [2.05, 4.69) is 4.98 Å². The fraction of sp³-hybridized carbons (Fsp3) is 0.211. The van der Waals surface area contributed by atoms with Crippen molar-refractivity contribution in [1.82, 2.24) is 4.98 Å². The highest BCUT2D eigenvalue weighted by atomic mass is 16.5. The van der Waals surface area contributed by atoms with E-state index in [0.717, 1.165) is 22.0 Å². The normalized spacial score (nSPS) is 10.6. The van der Waals surface area contributed by atoms with E-state index in [1.807, 2.05) is 18.2 Å². The van der Waals surface area contributed by atoms with Gasteiger partial charge in [-0.25, -0.2) is 0 Å². The Labute approximate surface area is 145 Å². The zero-order valence-corrected chi connectivity index (χ0v) is 14.5. The van der Waals surface area contributed by atoms with Crippen molar-refractivity contribution in [3.63, 3.8) is 0 Å². The van der Waals surface area contributed by atoms with E-state index in [0.29, 0.717) is 23.0 Å². The smallest absolute Gasteiger partial charge is 0.203 e. The maximum atomic E-state index is 10.0. The van der Waals surface area contributed by atoms with Crippen molar-refractivity contribution in [3.05, 3.63) is 36.5 Å². The Morgan fingerprint density at radius 2 is 1.44 bits per heavy atom. The lowest BCUT2D eigenvalue weighted by Crippen LogP contribution is -1.96. The van der Waals surface area contributed by atoms with E-state index in [-0.39, 0.29) is 5.75 Å². The SMILES string of the molecule is COc1cc2c(-c3cc(OC)c(OC)c(OC)c3)nccc2cc1O. The van der Waals surface area contributed by atoms with E-state index in [4.69, 9.17) is 18.9 Å². The van der Waals surface area contributed by atoms with E-state index >= 15 is 0 Å². The van der Waals surface area contributed by atoms with Crippen LogP contribution in [0.4, 0.5) is 0 Å². The van der Waals surface area contributed by atoms with Gasteiger partial charge in [-0.2, -0.15) is 0 Å². The van der Waals surface area contributed by atoms with E-state index in [1.54, 1.807) is 39.7 Å². The highest BCUT2D eigenvalue weighted by Crippen LogP contribution is 2.43. The minimum absolute atomic E-state index is 0.0806. The van der Waals surface area contributed by atoms with E-state index < -0.39 is 0 Å². The van der Waals surface area contributed by atoms with Gasteiger partial charge in [0.25, 0.3) is 0 Å². The summed E-state index contributed by atoms with van der Waals surface area (Å²) in [5, 5.41) is 11.7. The third kappa shape index (κ3) is 2.87. The number of methoxy groups -OCH3 is 4. The molecule has 6 heteroatoms. The molecule has 3 aromatic rings. The molecule has 130 valence electrons. The van der Waals surface area contributed by atoms with Crippen LogP contribution in [0.25, 0.3) is 22.0 Å². The molecule has 1 N–H and O–H groups in total. The summed E-state index contributed by atoms with van der Waals surface area (Å²) in [6.45, 7) is 0. The van der Waals surface area contributed by atoms with Gasteiger partial charge in [0, 0.05) is 17.1 Å². The van der Waals surface area contributed by atoms with Crippen molar-refractivity contribution in [1.29, 1.82) is 0 Å². The van der Waals surface area contributed by atoms with Crippen LogP contribution in [-0.2, 0) is 0 Å². The van der Waals surface area contributed by atoms with Gasteiger partial charge in [-0.3, -0.25) is 4.98 Å². The Hall–Kier alpha value is -3.15. The minimum atomic E-state index is 0.0806. The molecule has 25 heavy (non-hydrogen) atoms. The van der Waals surface area contributed by atoms with Crippen molar-refractivity contribution < 1.29 is 24.1 Å². The number of benzene rings is 2. The molecule has 0 aliphatic carbocycles. The van der Waals surface area contributed by atoms with Crippen LogP contribution in [0.2, 0.25) is 0 Å². The highest BCUT2D eigenvalue weighted by Gasteiger charge is 2.17. The summed E-state index contributed by atoms with van der Waals surface area (Å²) in [5.41, 5.74) is 1.52. The van der Waals surface area contributed by atoms with Crippen molar-refractivity contribution in [3.8, 4) is 40.0 Å². The van der Waals surface area contributed by atoms with Gasteiger partial charge in [-0.15, -0.1) is 0 Å². The van der Waals surface area contributed by atoms with Crippen LogP contribution in [0.1, 0.15) is 0 Å². The topological polar surface area (TPSA) is 70.0 Å². The Bertz CT molecular complexity index is 898. The molecule has 1 aromatic heterocycles. The molecule has 6 nitrogen and oxygen atoms in total. The highest BCUT2D eigenvalue weighted by molar-refractivity contribution is 5.97. The fourth-order valence-electron chi connectivity index (χ4n) is 2.80. The lowest BCUT2D eigenvalue weighted by Gasteiger charge is -2.15. The number of aromatic nitrogens is 1. The summed E-state index contributed by atoms with van der Waals surface area (Å²) >= 11 is 0. The second kappa shape index (κ2) is 6.76. The average Bonchev–Trinajstić information content (AvgIpc) is 2.65. The summed E-state index contributed by atoms with van der Waals surface area (Å²) in [6, 6.07) is 8.91. The molecule has 3 rings (SSSR count). The van der Waals surface area contributed by atoms with Gasteiger partial charge in [-0.05, 0) is 35.7 Å². The minimum Gasteiger partial charge on any atom is -0.504 e. The lowest BCUT2D eigenvalue weighted by molar-refractivity contribution is 0.324. The summed E-state index contributed by atoms with van der Waals surface area (Å²) in [4.78, 5) is 4.50. The summed E-state index contributed by atoms with van der Waals surface area (Å²) < 4.78 is 21.4. The van der Waals surface area contributed by atoms with E-state index in [9.17, 15) is 5.11 Å². The fourth-order valence-corrected chi connectivity index (χ4v) is 2.80. The summed E-state index contributed by atoms with van der Waals surface area (Å²) in [7, 11) is 6.21. The number of nitrogens with zero attached hydrogens (tertiary/aromatic N) is 1. The second-order valence-corrected chi connectivity index (χ2v) is 5.32. The molecular formula is C19H19NO5. The number of hydrogen-bond acceptors (Lipinski definition) is 6. The molecule has 0 atom stereocenters. The van der Waals surface area contributed by atoms with Crippen LogP contribution >= 0.6 is 0 Å². The quantitative estimate of drug-likeness (QED) is 0.764.